The Labute approximate surface area is 136 Å². The van der Waals surface area contributed by atoms with Crippen molar-refractivity contribution in [3.63, 3.8) is 0 Å². The minimum absolute atomic E-state index is 0.0522. The van der Waals surface area contributed by atoms with E-state index in [1.807, 2.05) is 19.9 Å². The topological polar surface area (TPSA) is 35.2 Å². The summed E-state index contributed by atoms with van der Waals surface area (Å²) in [6, 6.07) is 8.80. The molecule has 2 N–H and O–H groups in total. The number of hydrogen-bond donors (Lipinski definition) is 1. The van der Waals surface area contributed by atoms with Gasteiger partial charge in [0.05, 0.1) is 7.11 Å². The van der Waals surface area contributed by atoms with Crippen LogP contribution in [0.5, 0.6) is 5.75 Å². The number of rotatable bonds is 5. The Kier molecular flexibility index (Phi) is 5.43. The van der Waals surface area contributed by atoms with Crippen molar-refractivity contribution >= 4 is 11.6 Å². The number of hydrogen-bond acceptors (Lipinski definition) is 2. The van der Waals surface area contributed by atoms with Gasteiger partial charge in [-0.1, -0.05) is 23.7 Å². The zero-order valence-electron chi connectivity index (χ0n) is 13.1. The molecule has 22 heavy (non-hydrogen) atoms. The first kappa shape index (κ1) is 16.8. The summed E-state index contributed by atoms with van der Waals surface area (Å²) in [7, 11) is 1.64. The fraction of sp³-hybridized carbons (Fsp3) is 0.333. The molecule has 0 amide bonds. The Hall–Kier alpha value is -1.58. The molecule has 0 radical (unpaired) electrons. The van der Waals surface area contributed by atoms with Crippen molar-refractivity contribution in [3.05, 3.63) is 63.4 Å². The van der Waals surface area contributed by atoms with E-state index in [2.05, 4.69) is 6.07 Å². The van der Waals surface area contributed by atoms with Gasteiger partial charge in [0, 0.05) is 16.5 Å². The molecule has 1 unspecified atom stereocenters. The monoisotopic (exact) mass is 321 g/mol. The molecule has 0 saturated carbocycles. The average Bonchev–Trinajstić information content (AvgIpc) is 2.50. The Bertz CT molecular complexity index is 652. The molecule has 0 aliphatic carbocycles. The maximum absolute atomic E-state index is 14.0. The Morgan fingerprint density at radius 1 is 1.23 bits per heavy atom. The first-order valence-corrected chi connectivity index (χ1v) is 7.63. The van der Waals surface area contributed by atoms with Gasteiger partial charge in [0.25, 0.3) is 0 Å². The first-order chi connectivity index (χ1) is 10.5. The molecule has 2 aromatic carbocycles. The summed E-state index contributed by atoms with van der Waals surface area (Å²) in [5, 5.41) is 0.432. The van der Waals surface area contributed by atoms with Crippen LogP contribution in [-0.2, 0) is 6.42 Å². The van der Waals surface area contributed by atoms with Gasteiger partial charge in [-0.2, -0.15) is 0 Å². The maximum atomic E-state index is 14.0. The van der Waals surface area contributed by atoms with Crippen molar-refractivity contribution in [1.29, 1.82) is 0 Å². The molecule has 0 saturated heterocycles. The van der Waals surface area contributed by atoms with Crippen molar-refractivity contribution in [3.8, 4) is 5.75 Å². The lowest BCUT2D eigenvalue weighted by Gasteiger charge is -2.21. The summed E-state index contributed by atoms with van der Waals surface area (Å²) in [5.74, 6) is 0.434. The molecule has 0 spiro atoms. The number of ether oxygens (including phenoxy) is 1. The standard InChI is InChI=1S/C18H21ClFNO/c1-11-7-14(18(22-3)8-12(11)2)13(10-21)9-15-16(19)5-4-6-17(15)20/h4-8,13H,9-10,21H2,1-3H3. The van der Waals surface area contributed by atoms with E-state index in [1.54, 1.807) is 19.2 Å². The Morgan fingerprint density at radius 3 is 2.50 bits per heavy atom. The van der Waals surface area contributed by atoms with E-state index in [9.17, 15) is 4.39 Å². The van der Waals surface area contributed by atoms with Gasteiger partial charge < -0.3 is 10.5 Å². The second kappa shape index (κ2) is 7.12. The van der Waals surface area contributed by atoms with Crippen molar-refractivity contribution < 1.29 is 9.13 Å². The fourth-order valence-electron chi connectivity index (χ4n) is 2.60. The normalized spacial score (nSPS) is 12.3. The molecular weight excluding hydrogens is 301 g/mol. The van der Waals surface area contributed by atoms with Crippen LogP contribution in [0.3, 0.4) is 0 Å². The lowest BCUT2D eigenvalue weighted by molar-refractivity contribution is 0.404. The average molecular weight is 322 g/mol. The third-order valence-corrected chi connectivity index (χ3v) is 4.44. The second-order valence-electron chi connectivity index (χ2n) is 5.52. The van der Waals surface area contributed by atoms with Crippen LogP contribution in [0.1, 0.15) is 28.2 Å². The van der Waals surface area contributed by atoms with E-state index in [-0.39, 0.29) is 11.7 Å². The van der Waals surface area contributed by atoms with Gasteiger partial charge in [-0.25, -0.2) is 4.39 Å². The maximum Gasteiger partial charge on any atom is 0.127 e. The van der Waals surface area contributed by atoms with E-state index in [1.165, 1.54) is 6.07 Å². The largest absolute Gasteiger partial charge is 0.496 e. The molecule has 0 heterocycles. The minimum Gasteiger partial charge on any atom is -0.496 e. The predicted octanol–water partition coefficient (Wildman–Crippen LogP) is 4.39. The second-order valence-corrected chi connectivity index (χ2v) is 5.92. The molecule has 2 nitrogen and oxygen atoms in total. The van der Waals surface area contributed by atoms with Gasteiger partial charge >= 0.3 is 0 Å². The third kappa shape index (κ3) is 3.42. The smallest absolute Gasteiger partial charge is 0.127 e. The van der Waals surface area contributed by atoms with Gasteiger partial charge in [0.15, 0.2) is 0 Å². The molecule has 2 aromatic rings. The van der Waals surface area contributed by atoms with E-state index >= 15 is 0 Å². The number of benzene rings is 2. The lowest BCUT2D eigenvalue weighted by Crippen LogP contribution is -2.17. The van der Waals surface area contributed by atoms with E-state index in [0.29, 0.717) is 23.6 Å². The summed E-state index contributed by atoms with van der Waals surface area (Å²) in [4.78, 5) is 0. The summed E-state index contributed by atoms with van der Waals surface area (Å²) >= 11 is 6.14. The third-order valence-electron chi connectivity index (χ3n) is 4.08. The summed E-state index contributed by atoms with van der Waals surface area (Å²) in [5.41, 5.74) is 9.75. The van der Waals surface area contributed by atoms with E-state index in [4.69, 9.17) is 22.1 Å². The highest BCUT2D eigenvalue weighted by Crippen LogP contribution is 2.33. The van der Waals surface area contributed by atoms with Crippen LogP contribution in [0.2, 0.25) is 5.02 Å². The molecule has 2 rings (SSSR count). The molecule has 0 aliphatic heterocycles. The molecule has 0 bridgehead atoms. The van der Waals surface area contributed by atoms with Gasteiger partial charge in [0.1, 0.15) is 11.6 Å². The quantitative estimate of drug-likeness (QED) is 0.886. The molecule has 118 valence electrons. The highest BCUT2D eigenvalue weighted by atomic mass is 35.5. The first-order valence-electron chi connectivity index (χ1n) is 7.26. The summed E-state index contributed by atoms with van der Waals surface area (Å²) in [6.07, 6.45) is 0.445. The van der Waals surface area contributed by atoms with Crippen LogP contribution in [0, 0.1) is 19.7 Å². The Balaban J connectivity index is 2.43. The molecule has 0 fully saturated rings. The highest BCUT2D eigenvalue weighted by molar-refractivity contribution is 6.31. The van der Waals surface area contributed by atoms with Crippen LogP contribution in [0.15, 0.2) is 30.3 Å². The van der Waals surface area contributed by atoms with Crippen LogP contribution < -0.4 is 10.5 Å². The molecular formula is C18H21ClFNO. The fourth-order valence-corrected chi connectivity index (χ4v) is 2.84. The minimum atomic E-state index is -0.297. The van der Waals surface area contributed by atoms with Gasteiger partial charge in [0.2, 0.25) is 0 Å². The molecule has 1 atom stereocenters. The summed E-state index contributed by atoms with van der Waals surface area (Å²) < 4.78 is 19.5. The number of aryl methyl sites for hydroxylation is 2. The zero-order chi connectivity index (χ0) is 16.3. The number of nitrogens with two attached hydrogens (primary N) is 1. The van der Waals surface area contributed by atoms with E-state index in [0.717, 1.165) is 22.4 Å². The van der Waals surface area contributed by atoms with Crippen LogP contribution in [0.25, 0.3) is 0 Å². The van der Waals surface area contributed by atoms with Crippen LogP contribution >= 0.6 is 11.6 Å². The number of halogens is 2. The summed E-state index contributed by atoms with van der Waals surface area (Å²) in [6.45, 7) is 4.47. The molecule has 4 heteroatoms. The number of methoxy groups -OCH3 is 1. The SMILES string of the molecule is COc1cc(C)c(C)cc1C(CN)Cc1c(F)cccc1Cl. The predicted molar refractivity (Wildman–Crippen MR) is 89.4 cm³/mol. The lowest BCUT2D eigenvalue weighted by atomic mass is 9.89. The van der Waals surface area contributed by atoms with Crippen molar-refractivity contribution in [1.82, 2.24) is 0 Å². The Morgan fingerprint density at radius 2 is 1.91 bits per heavy atom. The molecule has 0 aromatic heterocycles. The van der Waals surface area contributed by atoms with Gasteiger partial charge in [-0.3, -0.25) is 0 Å². The van der Waals surface area contributed by atoms with Gasteiger partial charge in [-0.15, -0.1) is 0 Å². The van der Waals surface area contributed by atoms with Crippen LogP contribution in [-0.4, -0.2) is 13.7 Å². The van der Waals surface area contributed by atoms with Crippen molar-refractivity contribution in [2.75, 3.05) is 13.7 Å². The van der Waals surface area contributed by atoms with Crippen LogP contribution in [0.4, 0.5) is 4.39 Å². The highest BCUT2D eigenvalue weighted by Gasteiger charge is 2.19. The van der Waals surface area contributed by atoms with Crippen molar-refractivity contribution in [2.24, 2.45) is 5.73 Å². The zero-order valence-corrected chi connectivity index (χ0v) is 13.9. The molecule has 0 aliphatic rings. The van der Waals surface area contributed by atoms with Crippen molar-refractivity contribution in [2.45, 2.75) is 26.2 Å². The van der Waals surface area contributed by atoms with E-state index < -0.39 is 0 Å². The van der Waals surface area contributed by atoms with Gasteiger partial charge in [-0.05, 0) is 61.7 Å².